The molecule has 1 heterocycles. The highest BCUT2D eigenvalue weighted by molar-refractivity contribution is 5.90. The summed E-state index contributed by atoms with van der Waals surface area (Å²) in [4.78, 5) is 12.5. The van der Waals surface area contributed by atoms with Gasteiger partial charge in [-0.2, -0.15) is 0 Å². The number of Topliss-reactive ketones (excluding diaryl/α,β-unsaturated/α-hetero) is 1. The number of ketones is 1. The summed E-state index contributed by atoms with van der Waals surface area (Å²) in [5.74, 6) is 0.329. The van der Waals surface area contributed by atoms with Crippen LogP contribution in [0.25, 0.3) is 0 Å². The lowest BCUT2D eigenvalue weighted by atomic mass is 9.87. The van der Waals surface area contributed by atoms with E-state index >= 15 is 0 Å². The molecule has 18 heavy (non-hydrogen) atoms. The van der Waals surface area contributed by atoms with Crippen LogP contribution in [0.5, 0.6) is 0 Å². The van der Waals surface area contributed by atoms with Crippen molar-refractivity contribution >= 4 is 5.78 Å². The van der Waals surface area contributed by atoms with Crippen LogP contribution >= 0.6 is 0 Å². The van der Waals surface area contributed by atoms with Crippen LogP contribution in [0.15, 0.2) is 12.1 Å². The molecule has 0 saturated carbocycles. The molecule has 1 saturated heterocycles. The maximum absolute atomic E-state index is 12.5. The summed E-state index contributed by atoms with van der Waals surface area (Å²) >= 11 is 0. The monoisotopic (exact) mass is 245 g/mol. The molecule has 98 valence electrons. The van der Waals surface area contributed by atoms with Crippen LogP contribution in [0.4, 0.5) is 0 Å². The summed E-state index contributed by atoms with van der Waals surface area (Å²) in [5.41, 5.74) is 4.65. The van der Waals surface area contributed by atoms with E-state index in [1.165, 1.54) is 22.3 Å². The van der Waals surface area contributed by atoms with E-state index in [1.54, 1.807) is 0 Å². The van der Waals surface area contributed by atoms with Gasteiger partial charge in [-0.3, -0.25) is 4.79 Å². The summed E-state index contributed by atoms with van der Waals surface area (Å²) in [5, 5.41) is 3.35. The standard InChI is InChI=1S/C16H23NO/c1-11-8-12(2)14(13(3)9-11)10-15(18)16(4)6-5-7-17-16/h8-9,17H,5-7,10H2,1-4H3. The largest absolute Gasteiger partial charge is 0.305 e. The molecule has 2 rings (SSSR count). The number of carbonyl (C=O) groups is 1. The fraction of sp³-hybridized carbons (Fsp3) is 0.562. The summed E-state index contributed by atoms with van der Waals surface area (Å²) < 4.78 is 0. The molecule has 0 aromatic heterocycles. The van der Waals surface area contributed by atoms with Gasteiger partial charge < -0.3 is 5.32 Å². The van der Waals surface area contributed by atoms with Crippen LogP contribution in [-0.2, 0) is 11.2 Å². The van der Waals surface area contributed by atoms with Crippen molar-refractivity contribution in [2.24, 2.45) is 0 Å². The first-order chi connectivity index (χ1) is 8.42. The van der Waals surface area contributed by atoms with E-state index in [2.05, 4.69) is 38.2 Å². The molecule has 0 amide bonds. The van der Waals surface area contributed by atoms with Gasteiger partial charge in [-0.05, 0) is 63.8 Å². The Balaban J connectivity index is 2.22. The number of aryl methyl sites for hydroxylation is 3. The molecule has 0 spiro atoms. The first-order valence-corrected chi connectivity index (χ1v) is 6.77. The Hall–Kier alpha value is -1.15. The van der Waals surface area contributed by atoms with Gasteiger partial charge in [0, 0.05) is 6.42 Å². The highest BCUT2D eigenvalue weighted by Gasteiger charge is 2.35. The summed E-state index contributed by atoms with van der Waals surface area (Å²) in [6.07, 6.45) is 2.63. The van der Waals surface area contributed by atoms with Crippen molar-refractivity contribution in [2.75, 3.05) is 6.54 Å². The molecule has 2 nitrogen and oxygen atoms in total. The van der Waals surface area contributed by atoms with Crippen molar-refractivity contribution in [3.63, 3.8) is 0 Å². The van der Waals surface area contributed by atoms with Gasteiger partial charge in [-0.15, -0.1) is 0 Å². The molecule has 1 aliphatic heterocycles. The van der Waals surface area contributed by atoms with E-state index in [-0.39, 0.29) is 5.54 Å². The number of nitrogens with one attached hydrogen (secondary N) is 1. The molecular formula is C16H23NO. The SMILES string of the molecule is Cc1cc(C)c(CC(=O)C2(C)CCCN2)c(C)c1. The third-order valence-electron chi connectivity index (χ3n) is 4.16. The zero-order chi connectivity index (χ0) is 13.3. The predicted molar refractivity (Wildman–Crippen MR) is 75.0 cm³/mol. The smallest absolute Gasteiger partial charge is 0.156 e. The number of benzene rings is 1. The van der Waals surface area contributed by atoms with Crippen molar-refractivity contribution in [3.8, 4) is 0 Å². The van der Waals surface area contributed by atoms with Gasteiger partial charge in [0.25, 0.3) is 0 Å². The maximum Gasteiger partial charge on any atom is 0.156 e. The van der Waals surface area contributed by atoms with E-state index in [0.717, 1.165) is 19.4 Å². The van der Waals surface area contributed by atoms with Gasteiger partial charge >= 0.3 is 0 Å². The predicted octanol–water partition coefficient (Wildman–Crippen LogP) is 2.87. The third-order valence-corrected chi connectivity index (χ3v) is 4.16. The van der Waals surface area contributed by atoms with Gasteiger partial charge in [0.05, 0.1) is 5.54 Å². The average molecular weight is 245 g/mol. The quantitative estimate of drug-likeness (QED) is 0.887. The van der Waals surface area contributed by atoms with E-state index in [4.69, 9.17) is 0 Å². The first-order valence-electron chi connectivity index (χ1n) is 6.77. The van der Waals surface area contributed by atoms with Crippen molar-refractivity contribution in [1.82, 2.24) is 5.32 Å². The Bertz CT molecular complexity index is 447. The van der Waals surface area contributed by atoms with E-state index in [9.17, 15) is 4.79 Å². The second-order valence-electron chi connectivity index (χ2n) is 5.84. The van der Waals surface area contributed by atoms with E-state index in [1.807, 2.05) is 6.92 Å². The Labute approximate surface area is 110 Å². The highest BCUT2D eigenvalue weighted by atomic mass is 16.1. The Morgan fingerprint density at radius 3 is 2.39 bits per heavy atom. The second kappa shape index (κ2) is 4.85. The maximum atomic E-state index is 12.5. The first kappa shape index (κ1) is 13.3. The lowest BCUT2D eigenvalue weighted by Crippen LogP contribution is -2.45. The molecule has 1 unspecified atom stereocenters. The minimum absolute atomic E-state index is 0.302. The minimum Gasteiger partial charge on any atom is -0.305 e. The molecule has 0 aliphatic carbocycles. The van der Waals surface area contributed by atoms with Crippen LogP contribution in [0.1, 0.15) is 42.0 Å². The molecule has 0 radical (unpaired) electrons. The van der Waals surface area contributed by atoms with Gasteiger partial charge in [0.2, 0.25) is 0 Å². The molecule has 2 heteroatoms. The van der Waals surface area contributed by atoms with Crippen LogP contribution in [-0.4, -0.2) is 17.9 Å². The molecule has 1 atom stereocenters. The molecule has 1 N–H and O–H groups in total. The van der Waals surface area contributed by atoms with Crippen molar-refractivity contribution < 1.29 is 4.79 Å². The van der Waals surface area contributed by atoms with Gasteiger partial charge in [-0.1, -0.05) is 17.7 Å². The fourth-order valence-electron chi connectivity index (χ4n) is 2.98. The van der Waals surface area contributed by atoms with E-state index in [0.29, 0.717) is 12.2 Å². The molecule has 1 fully saturated rings. The van der Waals surface area contributed by atoms with Crippen LogP contribution < -0.4 is 5.32 Å². The van der Waals surface area contributed by atoms with Crippen molar-refractivity contribution in [3.05, 3.63) is 34.4 Å². The van der Waals surface area contributed by atoms with E-state index < -0.39 is 0 Å². The van der Waals surface area contributed by atoms with Gasteiger partial charge in [0.15, 0.2) is 5.78 Å². The minimum atomic E-state index is -0.302. The van der Waals surface area contributed by atoms with Crippen LogP contribution in [0.2, 0.25) is 0 Å². The van der Waals surface area contributed by atoms with Crippen LogP contribution in [0, 0.1) is 20.8 Å². The molecular weight excluding hydrogens is 222 g/mol. The Kier molecular flexibility index (Phi) is 3.58. The summed E-state index contributed by atoms with van der Waals surface area (Å²) in [7, 11) is 0. The normalized spacial score (nSPS) is 23.3. The molecule has 1 aromatic rings. The van der Waals surface area contributed by atoms with Crippen molar-refractivity contribution in [2.45, 2.75) is 52.5 Å². The Morgan fingerprint density at radius 2 is 1.89 bits per heavy atom. The molecule has 0 bridgehead atoms. The highest BCUT2D eigenvalue weighted by Crippen LogP contribution is 2.24. The average Bonchev–Trinajstić information content (AvgIpc) is 2.71. The topological polar surface area (TPSA) is 29.1 Å². The Morgan fingerprint density at radius 1 is 1.28 bits per heavy atom. The number of rotatable bonds is 3. The van der Waals surface area contributed by atoms with Gasteiger partial charge in [0.1, 0.15) is 0 Å². The molecule has 1 aromatic carbocycles. The number of hydrogen-bond donors (Lipinski definition) is 1. The zero-order valence-corrected chi connectivity index (χ0v) is 11.9. The summed E-state index contributed by atoms with van der Waals surface area (Å²) in [6.45, 7) is 9.32. The third kappa shape index (κ3) is 2.49. The van der Waals surface area contributed by atoms with Crippen molar-refractivity contribution in [1.29, 1.82) is 0 Å². The fourth-order valence-corrected chi connectivity index (χ4v) is 2.98. The number of carbonyl (C=O) groups excluding carboxylic acids is 1. The molecule has 1 aliphatic rings. The number of hydrogen-bond acceptors (Lipinski definition) is 2. The lowest BCUT2D eigenvalue weighted by molar-refractivity contribution is -0.123. The second-order valence-corrected chi connectivity index (χ2v) is 5.84. The van der Waals surface area contributed by atoms with Gasteiger partial charge in [-0.25, -0.2) is 0 Å². The summed E-state index contributed by atoms with van der Waals surface area (Å²) in [6, 6.07) is 4.33. The zero-order valence-electron chi connectivity index (χ0n) is 11.9. The lowest BCUT2D eigenvalue weighted by Gasteiger charge is -2.23. The van der Waals surface area contributed by atoms with Crippen LogP contribution in [0.3, 0.4) is 0 Å².